The predicted molar refractivity (Wildman–Crippen MR) is 110 cm³/mol. The van der Waals surface area contributed by atoms with Crippen molar-refractivity contribution in [1.29, 1.82) is 0 Å². The lowest BCUT2D eigenvalue weighted by molar-refractivity contribution is 0.0891. The van der Waals surface area contributed by atoms with Gasteiger partial charge in [0.1, 0.15) is 5.54 Å². The van der Waals surface area contributed by atoms with Crippen LogP contribution in [0.2, 0.25) is 0 Å². The molecule has 2 aromatic rings. The highest BCUT2D eigenvalue weighted by molar-refractivity contribution is 7.89. The molecule has 1 amide bonds. The quantitative estimate of drug-likeness (QED) is 0.778. The number of amides is 1. The molecule has 1 saturated carbocycles. The van der Waals surface area contributed by atoms with Crippen molar-refractivity contribution in [3.05, 3.63) is 41.0 Å². The smallest absolute Gasteiger partial charge is 0.252 e. The van der Waals surface area contributed by atoms with Gasteiger partial charge >= 0.3 is 0 Å². The van der Waals surface area contributed by atoms with Crippen LogP contribution in [0.3, 0.4) is 0 Å². The van der Waals surface area contributed by atoms with E-state index in [1.807, 2.05) is 6.92 Å². The van der Waals surface area contributed by atoms with Gasteiger partial charge in [-0.15, -0.1) is 0 Å². The lowest BCUT2D eigenvalue weighted by Gasteiger charge is -2.28. The number of benzene rings is 1. The maximum Gasteiger partial charge on any atom is 0.252 e. The molecule has 0 atom stereocenters. The number of nitrogens with one attached hydrogen (secondary N) is 1. The summed E-state index contributed by atoms with van der Waals surface area (Å²) >= 11 is 0. The molecule has 30 heavy (non-hydrogen) atoms. The Morgan fingerprint density at radius 3 is 2.43 bits per heavy atom. The molecule has 1 saturated heterocycles. The van der Waals surface area contributed by atoms with E-state index in [0.29, 0.717) is 30.4 Å². The summed E-state index contributed by atoms with van der Waals surface area (Å²) in [5.41, 5.74) is 0.408. The molecule has 1 aromatic heterocycles. The third kappa shape index (κ3) is 3.88. The molecule has 2 fully saturated rings. The largest absolute Gasteiger partial charge is 0.340 e. The molecule has 1 aliphatic carbocycles. The molecule has 0 radical (unpaired) electrons. The lowest BCUT2D eigenvalue weighted by Crippen LogP contribution is -2.45. The minimum Gasteiger partial charge on any atom is -0.340 e. The van der Waals surface area contributed by atoms with Crippen LogP contribution in [0.1, 0.15) is 72.6 Å². The van der Waals surface area contributed by atoms with Gasteiger partial charge in [0.15, 0.2) is 5.82 Å². The van der Waals surface area contributed by atoms with E-state index in [9.17, 15) is 13.2 Å². The van der Waals surface area contributed by atoms with Gasteiger partial charge in [-0.2, -0.15) is 9.29 Å². The first-order chi connectivity index (χ1) is 14.3. The zero-order valence-corrected chi connectivity index (χ0v) is 18.3. The molecule has 2 aliphatic rings. The minimum atomic E-state index is -3.61. The zero-order valence-electron chi connectivity index (χ0n) is 17.5. The highest BCUT2D eigenvalue weighted by atomic mass is 32.2. The normalized spacial score (nSPS) is 19.7. The second-order valence-electron chi connectivity index (χ2n) is 8.32. The summed E-state index contributed by atoms with van der Waals surface area (Å²) in [6.07, 6.45) is 6.14. The van der Waals surface area contributed by atoms with E-state index in [1.54, 1.807) is 19.1 Å². The van der Waals surface area contributed by atoms with Crippen LogP contribution in [0.25, 0.3) is 0 Å². The third-order valence-corrected chi connectivity index (χ3v) is 8.07. The Kier molecular flexibility index (Phi) is 5.67. The van der Waals surface area contributed by atoms with Crippen LogP contribution in [0.5, 0.6) is 0 Å². The minimum absolute atomic E-state index is 0.163. The summed E-state index contributed by atoms with van der Waals surface area (Å²) in [5, 5.41) is 7.16. The Bertz CT molecular complexity index is 1040. The number of carbonyl (C=O) groups is 1. The van der Waals surface area contributed by atoms with Gasteiger partial charge in [-0.05, 0) is 50.3 Å². The summed E-state index contributed by atoms with van der Waals surface area (Å²) in [7, 11) is -3.61. The SMILES string of the molecule is Cc1nc(C2(NC(=O)c3cc(S(=O)(=O)N4CCCCC4)ccc3C)CCCC2)no1. The van der Waals surface area contributed by atoms with Crippen LogP contribution < -0.4 is 5.32 Å². The molecule has 2 heterocycles. The molecule has 0 spiro atoms. The molecule has 162 valence electrons. The maximum absolute atomic E-state index is 13.3. The number of piperidine rings is 1. The van der Waals surface area contributed by atoms with E-state index in [0.717, 1.165) is 50.5 Å². The molecular formula is C21H28N4O4S. The fourth-order valence-electron chi connectivity index (χ4n) is 4.42. The Hall–Kier alpha value is -2.26. The molecular weight excluding hydrogens is 404 g/mol. The Balaban J connectivity index is 1.63. The predicted octanol–water partition coefficient (Wildman–Crippen LogP) is 3.06. The van der Waals surface area contributed by atoms with Gasteiger partial charge in [0, 0.05) is 25.6 Å². The van der Waals surface area contributed by atoms with Gasteiger partial charge in [0.25, 0.3) is 5.91 Å². The fraction of sp³-hybridized carbons (Fsp3) is 0.571. The molecule has 0 bridgehead atoms. The van der Waals surface area contributed by atoms with Crippen LogP contribution in [0.4, 0.5) is 0 Å². The highest BCUT2D eigenvalue weighted by Crippen LogP contribution is 2.37. The summed E-state index contributed by atoms with van der Waals surface area (Å²) in [5.74, 6) is 0.629. The molecule has 4 rings (SSSR count). The van der Waals surface area contributed by atoms with Crippen molar-refractivity contribution in [1.82, 2.24) is 19.8 Å². The van der Waals surface area contributed by atoms with Crippen LogP contribution in [0.15, 0.2) is 27.6 Å². The number of carbonyl (C=O) groups excluding carboxylic acids is 1. The summed E-state index contributed by atoms with van der Waals surface area (Å²) in [6, 6.07) is 4.79. The molecule has 1 aromatic carbocycles. The third-order valence-electron chi connectivity index (χ3n) is 6.17. The van der Waals surface area contributed by atoms with Gasteiger partial charge in [-0.1, -0.05) is 30.5 Å². The van der Waals surface area contributed by atoms with Crippen molar-refractivity contribution in [2.75, 3.05) is 13.1 Å². The highest BCUT2D eigenvalue weighted by Gasteiger charge is 2.41. The molecule has 1 N–H and O–H groups in total. The maximum atomic E-state index is 13.3. The Labute approximate surface area is 177 Å². The van der Waals surface area contributed by atoms with Crippen LogP contribution >= 0.6 is 0 Å². The molecule has 8 nitrogen and oxygen atoms in total. The Morgan fingerprint density at radius 1 is 1.10 bits per heavy atom. The van der Waals surface area contributed by atoms with Crippen LogP contribution in [-0.4, -0.2) is 41.9 Å². The molecule has 9 heteroatoms. The number of sulfonamides is 1. The topological polar surface area (TPSA) is 105 Å². The van der Waals surface area contributed by atoms with Crippen molar-refractivity contribution in [3.8, 4) is 0 Å². The first kappa shape index (κ1) is 21.0. The van der Waals surface area contributed by atoms with E-state index < -0.39 is 15.6 Å². The average molecular weight is 433 g/mol. The van der Waals surface area contributed by atoms with Crippen molar-refractivity contribution in [2.24, 2.45) is 0 Å². The number of hydrogen-bond acceptors (Lipinski definition) is 6. The number of aromatic nitrogens is 2. The number of rotatable bonds is 5. The summed E-state index contributed by atoms with van der Waals surface area (Å²) in [6.45, 7) is 4.59. The van der Waals surface area contributed by atoms with E-state index in [4.69, 9.17) is 4.52 Å². The first-order valence-electron chi connectivity index (χ1n) is 10.6. The van der Waals surface area contributed by atoms with Gasteiger partial charge in [-0.3, -0.25) is 4.79 Å². The number of nitrogens with zero attached hydrogens (tertiary/aromatic N) is 3. The van der Waals surface area contributed by atoms with Gasteiger partial charge in [0.05, 0.1) is 4.90 Å². The summed E-state index contributed by atoms with van der Waals surface area (Å²) in [4.78, 5) is 17.8. The van der Waals surface area contributed by atoms with E-state index in [1.165, 1.54) is 10.4 Å². The second kappa shape index (κ2) is 8.11. The zero-order chi connectivity index (χ0) is 21.4. The van der Waals surface area contributed by atoms with Crippen molar-refractivity contribution in [2.45, 2.75) is 69.2 Å². The standard InChI is InChI=1S/C21H28N4O4S/c1-15-8-9-17(30(27,28)25-12-6-3-7-13-25)14-18(15)19(26)23-21(10-4-5-11-21)20-22-16(2)29-24-20/h8-9,14H,3-7,10-13H2,1-2H3,(H,23,26). The number of aryl methyl sites for hydroxylation is 2. The first-order valence-corrected chi connectivity index (χ1v) is 12.0. The van der Waals surface area contributed by atoms with E-state index in [-0.39, 0.29) is 10.8 Å². The average Bonchev–Trinajstić information content (AvgIpc) is 3.38. The van der Waals surface area contributed by atoms with Crippen molar-refractivity contribution >= 4 is 15.9 Å². The van der Waals surface area contributed by atoms with Crippen LogP contribution in [-0.2, 0) is 15.6 Å². The monoisotopic (exact) mass is 432 g/mol. The molecule has 0 unspecified atom stereocenters. The van der Waals surface area contributed by atoms with Gasteiger partial charge in [-0.25, -0.2) is 8.42 Å². The van der Waals surface area contributed by atoms with E-state index in [2.05, 4.69) is 15.5 Å². The van der Waals surface area contributed by atoms with Crippen LogP contribution in [0, 0.1) is 13.8 Å². The second-order valence-corrected chi connectivity index (χ2v) is 10.3. The lowest BCUT2D eigenvalue weighted by atomic mass is 9.95. The van der Waals surface area contributed by atoms with Crippen molar-refractivity contribution < 1.29 is 17.7 Å². The summed E-state index contributed by atoms with van der Waals surface area (Å²) < 4.78 is 32.8. The van der Waals surface area contributed by atoms with Gasteiger partial charge in [0.2, 0.25) is 15.9 Å². The Morgan fingerprint density at radius 2 is 1.80 bits per heavy atom. The fourth-order valence-corrected chi connectivity index (χ4v) is 5.97. The number of hydrogen-bond donors (Lipinski definition) is 1. The van der Waals surface area contributed by atoms with Crippen molar-refractivity contribution in [3.63, 3.8) is 0 Å². The van der Waals surface area contributed by atoms with Gasteiger partial charge < -0.3 is 9.84 Å². The molecule has 1 aliphatic heterocycles. The van der Waals surface area contributed by atoms with E-state index >= 15 is 0 Å².